The van der Waals surface area contributed by atoms with E-state index < -0.39 is 0 Å². The molecule has 0 spiro atoms. The second-order valence-electron chi connectivity index (χ2n) is 3.66. The van der Waals surface area contributed by atoms with Crippen LogP contribution < -0.4 is 5.32 Å². The zero-order chi connectivity index (χ0) is 13.2. The molecule has 18 heavy (non-hydrogen) atoms. The summed E-state index contributed by atoms with van der Waals surface area (Å²) in [6, 6.07) is 11.6. The molecule has 0 saturated carbocycles. The summed E-state index contributed by atoms with van der Waals surface area (Å²) in [4.78, 5) is 10.9. The van der Waals surface area contributed by atoms with Gasteiger partial charge in [-0.1, -0.05) is 30.3 Å². The monoisotopic (exact) mass is 244 g/mol. The van der Waals surface area contributed by atoms with Crippen molar-refractivity contribution in [2.45, 2.75) is 12.8 Å². The van der Waals surface area contributed by atoms with Gasteiger partial charge in [-0.2, -0.15) is 5.26 Å². The Morgan fingerprint density at radius 3 is 2.78 bits per heavy atom. The first-order valence-corrected chi connectivity index (χ1v) is 5.74. The van der Waals surface area contributed by atoms with Crippen molar-refractivity contribution in [2.75, 3.05) is 13.7 Å². The van der Waals surface area contributed by atoms with Crippen molar-refractivity contribution in [3.8, 4) is 6.07 Å². The van der Waals surface area contributed by atoms with Gasteiger partial charge in [-0.05, 0) is 12.0 Å². The lowest BCUT2D eigenvalue weighted by Crippen LogP contribution is -2.15. The Bertz CT molecular complexity index is 447. The van der Waals surface area contributed by atoms with Gasteiger partial charge < -0.3 is 10.1 Å². The first kappa shape index (κ1) is 13.8. The van der Waals surface area contributed by atoms with Crippen LogP contribution in [0.3, 0.4) is 0 Å². The first-order valence-electron chi connectivity index (χ1n) is 5.74. The fraction of sp³-hybridized carbons (Fsp3) is 0.286. The highest BCUT2D eigenvalue weighted by molar-refractivity contribution is 5.69. The fourth-order valence-corrected chi connectivity index (χ4v) is 1.48. The van der Waals surface area contributed by atoms with Crippen LogP contribution in [0.25, 0.3) is 5.70 Å². The third kappa shape index (κ3) is 4.71. The second-order valence-corrected chi connectivity index (χ2v) is 3.66. The molecule has 4 heteroatoms. The molecule has 0 aromatic heterocycles. The Kier molecular flexibility index (Phi) is 6.05. The highest BCUT2D eigenvalue weighted by Crippen LogP contribution is 2.10. The lowest BCUT2D eigenvalue weighted by atomic mass is 10.1. The van der Waals surface area contributed by atoms with Gasteiger partial charge in [0.15, 0.2) is 0 Å². The van der Waals surface area contributed by atoms with Gasteiger partial charge in [-0.3, -0.25) is 4.79 Å². The molecule has 1 aromatic rings. The maximum absolute atomic E-state index is 10.9. The summed E-state index contributed by atoms with van der Waals surface area (Å²) in [5.74, 6) is -0.220. The smallest absolute Gasteiger partial charge is 0.305 e. The minimum atomic E-state index is -0.220. The number of benzene rings is 1. The summed E-state index contributed by atoms with van der Waals surface area (Å²) in [5.41, 5.74) is 1.72. The van der Waals surface area contributed by atoms with Gasteiger partial charge in [-0.25, -0.2) is 0 Å². The average molecular weight is 244 g/mol. The maximum Gasteiger partial charge on any atom is 0.305 e. The summed E-state index contributed by atoms with van der Waals surface area (Å²) in [6.45, 7) is 0.623. The van der Waals surface area contributed by atoms with Crippen molar-refractivity contribution < 1.29 is 9.53 Å². The van der Waals surface area contributed by atoms with Crippen LogP contribution >= 0.6 is 0 Å². The number of allylic oxidation sites excluding steroid dienone is 1. The highest BCUT2D eigenvalue weighted by atomic mass is 16.5. The second kappa shape index (κ2) is 7.91. The number of esters is 1. The summed E-state index contributed by atoms with van der Waals surface area (Å²) in [5, 5.41) is 11.9. The van der Waals surface area contributed by atoms with E-state index >= 15 is 0 Å². The van der Waals surface area contributed by atoms with Gasteiger partial charge in [-0.15, -0.1) is 0 Å². The van der Waals surface area contributed by atoms with E-state index in [-0.39, 0.29) is 5.97 Å². The van der Waals surface area contributed by atoms with Crippen molar-refractivity contribution in [3.63, 3.8) is 0 Å². The van der Waals surface area contributed by atoms with E-state index in [0.29, 0.717) is 19.4 Å². The Labute approximate surface area is 107 Å². The summed E-state index contributed by atoms with van der Waals surface area (Å²) >= 11 is 0. The summed E-state index contributed by atoms with van der Waals surface area (Å²) in [6.07, 6.45) is 2.51. The van der Waals surface area contributed by atoms with Gasteiger partial charge in [0.2, 0.25) is 0 Å². The molecule has 4 nitrogen and oxygen atoms in total. The zero-order valence-electron chi connectivity index (χ0n) is 10.3. The molecule has 0 aliphatic carbocycles. The van der Waals surface area contributed by atoms with Crippen molar-refractivity contribution in [2.24, 2.45) is 0 Å². The molecule has 1 rings (SSSR count). The largest absolute Gasteiger partial charge is 0.469 e. The number of hydrogen-bond acceptors (Lipinski definition) is 4. The summed E-state index contributed by atoms with van der Waals surface area (Å²) in [7, 11) is 1.38. The molecule has 0 atom stereocenters. The molecule has 0 saturated heterocycles. The number of rotatable bonds is 6. The van der Waals surface area contributed by atoms with E-state index in [1.54, 1.807) is 0 Å². The Balaban J connectivity index is 2.49. The number of nitrogens with one attached hydrogen (secondary N) is 1. The van der Waals surface area contributed by atoms with Crippen molar-refractivity contribution in [3.05, 3.63) is 42.0 Å². The van der Waals surface area contributed by atoms with Crippen LogP contribution in [0.5, 0.6) is 0 Å². The van der Waals surface area contributed by atoms with Crippen molar-refractivity contribution in [1.82, 2.24) is 5.32 Å². The van der Waals surface area contributed by atoms with Crippen LogP contribution in [0.15, 0.2) is 36.4 Å². The number of carbonyl (C=O) groups excluding carboxylic acids is 1. The number of nitriles is 1. The molecule has 1 aromatic carbocycles. The van der Waals surface area contributed by atoms with Gasteiger partial charge in [0.05, 0.1) is 18.9 Å². The molecule has 1 N–H and O–H groups in total. The quantitative estimate of drug-likeness (QED) is 0.473. The first-order chi connectivity index (χ1) is 8.77. The molecule has 0 unspecified atom stereocenters. The van der Waals surface area contributed by atoms with Crippen LogP contribution in [0.4, 0.5) is 0 Å². The fourth-order valence-electron chi connectivity index (χ4n) is 1.48. The molecule has 0 aliphatic heterocycles. The minimum absolute atomic E-state index is 0.220. The average Bonchev–Trinajstić information content (AvgIpc) is 2.43. The zero-order valence-corrected chi connectivity index (χ0v) is 10.3. The third-order valence-electron chi connectivity index (χ3n) is 2.39. The molecule has 94 valence electrons. The summed E-state index contributed by atoms with van der Waals surface area (Å²) < 4.78 is 4.56. The lowest BCUT2D eigenvalue weighted by Gasteiger charge is -2.09. The third-order valence-corrected chi connectivity index (χ3v) is 2.39. The molecule has 0 radical (unpaired) electrons. The van der Waals surface area contributed by atoms with Gasteiger partial charge in [0.25, 0.3) is 0 Å². The van der Waals surface area contributed by atoms with E-state index in [0.717, 1.165) is 11.3 Å². The van der Waals surface area contributed by atoms with E-state index in [1.807, 2.05) is 36.4 Å². The number of hydrogen-bond donors (Lipinski definition) is 1. The van der Waals surface area contributed by atoms with Crippen LogP contribution in [-0.4, -0.2) is 19.6 Å². The standard InChI is InChI=1S/C14H16N2O2/c1-18-14(17)8-5-11-16-13(9-10-15)12-6-3-2-4-7-12/h2-4,6-7,9,16H,5,8,11H2,1H3. The molecule has 0 amide bonds. The molecular weight excluding hydrogens is 228 g/mol. The molecule has 0 heterocycles. The maximum atomic E-state index is 10.9. The van der Waals surface area contributed by atoms with Crippen LogP contribution in [-0.2, 0) is 9.53 Å². The number of ether oxygens (including phenoxy) is 1. The van der Waals surface area contributed by atoms with Crippen LogP contribution in [0.1, 0.15) is 18.4 Å². The van der Waals surface area contributed by atoms with Gasteiger partial charge in [0, 0.05) is 19.0 Å². The van der Waals surface area contributed by atoms with Crippen molar-refractivity contribution in [1.29, 1.82) is 5.26 Å². The normalized spacial score (nSPS) is 10.6. The highest BCUT2D eigenvalue weighted by Gasteiger charge is 2.02. The Hall–Kier alpha value is -2.28. The number of carbonyl (C=O) groups is 1. The van der Waals surface area contributed by atoms with E-state index in [4.69, 9.17) is 5.26 Å². The number of methoxy groups -OCH3 is 1. The molecule has 0 aliphatic rings. The Morgan fingerprint density at radius 2 is 2.17 bits per heavy atom. The van der Waals surface area contributed by atoms with E-state index in [9.17, 15) is 4.79 Å². The topological polar surface area (TPSA) is 62.1 Å². The van der Waals surface area contributed by atoms with Gasteiger partial charge >= 0.3 is 5.97 Å². The minimum Gasteiger partial charge on any atom is -0.469 e. The lowest BCUT2D eigenvalue weighted by molar-refractivity contribution is -0.140. The van der Waals surface area contributed by atoms with E-state index in [2.05, 4.69) is 10.1 Å². The molecule has 0 fully saturated rings. The SMILES string of the molecule is COC(=O)CCCNC(=CC#N)c1ccccc1. The predicted molar refractivity (Wildman–Crippen MR) is 69.3 cm³/mol. The molecule has 0 bridgehead atoms. The molecular formula is C14H16N2O2. The van der Waals surface area contributed by atoms with E-state index in [1.165, 1.54) is 13.2 Å². The predicted octanol–water partition coefficient (Wildman–Crippen LogP) is 2.09. The Morgan fingerprint density at radius 1 is 1.44 bits per heavy atom. The number of nitrogens with zero attached hydrogens (tertiary/aromatic N) is 1. The van der Waals surface area contributed by atoms with Crippen molar-refractivity contribution >= 4 is 11.7 Å². The van der Waals surface area contributed by atoms with Crippen LogP contribution in [0.2, 0.25) is 0 Å². The van der Waals surface area contributed by atoms with Crippen LogP contribution in [0, 0.1) is 11.3 Å². The van der Waals surface area contributed by atoms with Gasteiger partial charge in [0.1, 0.15) is 0 Å².